The molecule has 21 heavy (non-hydrogen) atoms. The molecule has 0 aliphatic carbocycles. The zero-order valence-electron chi connectivity index (χ0n) is 11.5. The SMILES string of the molecule is CS(=O)(=O)c1ccc(NCC(O)c2cccc(Br)c2)cc1. The molecule has 1 atom stereocenters. The van der Waals surface area contributed by atoms with E-state index in [0.717, 1.165) is 15.7 Å². The standard InChI is InChI=1S/C15H16BrNO3S/c1-21(19,20)14-7-5-13(6-8-14)17-10-15(18)11-3-2-4-12(16)9-11/h2-9,15,17-18H,10H2,1H3. The van der Waals surface area contributed by atoms with E-state index in [1.807, 2.05) is 24.3 Å². The maximum Gasteiger partial charge on any atom is 0.175 e. The molecule has 0 aromatic heterocycles. The monoisotopic (exact) mass is 369 g/mol. The number of hydrogen-bond donors (Lipinski definition) is 2. The second-order valence-corrected chi connectivity index (χ2v) is 7.68. The van der Waals surface area contributed by atoms with Gasteiger partial charge in [-0.3, -0.25) is 0 Å². The summed E-state index contributed by atoms with van der Waals surface area (Å²) < 4.78 is 23.6. The van der Waals surface area contributed by atoms with Gasteiger partial charge in [0.2, 0.25) is 0 Å². The Morgan fingerprint density at radius 3 is 2.43 bits per heavy atom. The summed E-state index contributed by atoms with van der Waals surface area (Å²) >= 11 is 3.36. The largest absolute Gasteiger partial charge is 0.387 e. The molecule has 4 nitrogen and oxygen atoms in total. The molecule has 0 bridgehead atoms. The lowest BCUT2D eigenvalue weighted by molar-refractivity contribution is 0.191. The minimum atomic E-state index is -3.18. The predicted molar refractivity (Wildman–Crippen MR) is 87.1 cm³/mol. The van der Waals surface area contributed by atoms with Gasteiger partial charge in [0.15, 0.2) is 9.84 Å². The molecule has 0 saturated heterocycles. The maximum absolute atomic E-state index is 11.4. The minimum Gasteiger partial charge on any atom is -0.387 e. The van der Waals surface area contributed by atoms with Gasteiger partial charge in [-0.05, 0) is 42.0 Å². The summed E-state index contributed by atoms with van der Waals surface area (Å²) in [6.45, 7) is 0.342. The molecule has 0 saturated carbocycles. The highest BCUT2D eigenvalue weighted by molar-refractivity contribution is 9.10. The minimum absolute atomic E-state index is 0.278. The molecule has 2 aromatic carbocycles. The van der Waals surface area contributed by atoms with Crippen LogP contribution in [0.3, 0.4) is 0 Å². The van der Waals surface area contributed by atoms with E-state index in [-0.39, 0.29) is 4.90 Å². The van der Waals surface area contributed by atoms with Crippen molar-refractivity contribution in [3.8, 4) is 0 Å². The summed E-state index contributed by atoms with van der Waals surface area (Å²) in [5.74, 6) is 0. The third-order valence-corrected chi connectivity index (χ3v) is 4.64. The summed E-state index contributed by atoms with van der Waals surface area (Å²) in [5.41, 5.74) is 1.57. The fourth-order valence-electron chi connectivity index (χ4n) is 1.87. The second-order valence-electron chi connectivity index (χ2n) is 4.75. The van der Waals surface area contributed by atoms with Crippen LogP contribution in [0.2, 0.25) is 0 Å². The highest BCUT2D eigenvalue weighted by Gasteiger charge is 2.09. The first-order chi connectivity index (χ1) is 9.86. The van der Waals surface area contributed by atoms with Crippen LogP contribution in [-0.2, 0) is 9.84 Å². The van der Waals surface area contributed by atoms with E-state index in [1.54, 1.807) is 24.3 Å². The van der Waals surface area contributed by atoms with Crippen molar-refractivity contribution in [2.45, 2.75) is 11.0 Å². The van der Waals surface area contributed by atoms with Gasteiger partial charge in [0, 0.05) is 23.0 Å². The number of hydrogen-bond acceptors (Lipinski definition) is 4. The van der Waals surface area contributed by atoms with Gasteiger partial charge in [0.05, 0.1) is 11.0 Å². The second kappa shape index (κ2) is 6.60. The molecule has 0 aliphatic heterocycles. The molecule has 2 N–H and O–H groups in total. The quantitative estimate of drug-likeness (QED) is 0.849. The third kappa shape index (κ3) is 4.56. The Kier molecular flexibility index (Phi) is 5.03. The Morgan fingerprint density at radius 1 is 1.19 bits per heavy atom. The highest BCUT2D eigenvalue weighted by Crippen LogP contribution is 2.19. The van der Waals surface area contributed by atoms with E-state index >= 15 is 0 Å². The molecule has 2 aromatic rings. The number of aliphatic hydroxyl groups excluding tert-OH is 1. The summed E-state index contributed by atoms with van der Waals surface area (Å²) in [6.07, 6.45) is 0.531. The van der Waals surface area contributed by atoms with Gasteiger partial charge < -0.3 is 10.4 Å². The van der Waals surface area contributed by atoms with Crippen molar-refractivity contribution < 1.29 is 13.5 Å². The Morgan fingerprint density at radius 2 is 1.86 bits per heavy atom. The molecule has 0 radical (unpaired) electrons. The Bertz CT molecular complexity index is 714. The van der Waals surface area contributed by atoms with Crippen LogP contribution in [0.4, 0.5) is 5.69 Å². The first-order valence-electron chi connectivity index (χ1n) is 6.34. The molecule has 1 unspecified atom stereocenters. The van der Waals surface area contributed by atoms with Gasteiger partial charge in [0.1, 0.15) is 0 Å². The first-order valence-corrected chi connectivity index (χ1v) is 9.02. The third-order valence-electron chi connectivity index (χ3n) is 3.02. The number of rotatable bonds is 5. The maximum atomic E-state index is 11.4. The van der Waals surface area contributed by atoms with Crippen LogP contribution in [0.5, 0.6) is 0 Å². The van der Waals surface area contributed by atoms with Crippen LogP contribution in [0, 0.1) is 0 Å². The molecule has 0 aliphatic rings. The fourth-order valence-corrected chi connectivity index (χ4v) is 2.91. The van der Waals surface area contributed by atoms with E-state index in [2.05, 4.69) is 21.2 Å². The molecule has 2 rings (SSSR count). The topological polar surface area (TPSA) is 66.4 Å². The smallest absolute Gasteiger partial charge is 0.175 e. The van der Waals surface area contributed by atoms with Crippen molar-refractivity contribution in [1.82, 2.24) is 0 Å². The van der Waals surface area contributed by atoms with Crippen molar-refractivity contribution in [1.29, 1.82) is 0 Å². The van der Waals surface area contributed by atoms with Crippen molar-refractivity contribution >= 4 is 31.5 Å². The summed E-state index contributed by atoms with van der Waals surface area (Å²) in [7, 11) is -3.18. The predicted octanol–water partition coefficient (Wildman–Crippen LogP) is 3.00. The first kappa shape index (κ1) is 16.0. The van der Waals surface area contributed by atoms with Gasteiger partial charge >= 0.3 is 0 Å². The van der Waals surface area contributed by atoms with E-state index in [1.165, 1.54) is 6.26 Å². The van der Waals surface area contributed by atoms with Crippen LogP contribution < -0.4 is 5.32 Å². The Balaban J connectivity index is 2.00. The van der Waals surface area contributed by atoms with Crippen LogP contribution in [-0.4, -0.2) is 26.3 Å². The summed E-state index contributed by atoms with van der Waals surface area (Å²) in [6, 6.07) is 13.9. The van der Waals surface area contributed by atoms with E-state index in [4.69, 9.17) is 0 Å². The summed E-state index contributed by atoms with van der Waals surface area (Å²) in [5, 5.41) is 13.2. The molecular formula is C15H16BrNO3S. The van der Waals surface area contributed by atoms with E-state index in [0.29, 0.717) is 6.54 Å². The molecule has 6 heteroatoms. The number of nitrogens with one attached hydrogen (secondary N) is 1. The average molecular weight is 370 g/mol. The Labute approximate surface area is 132 Å². The van der Waals surface area contributed by atoms with Crippen LogP contribution >= 0.6 is 15.9 Å². The lowest BCUT2D eigenvalue weighted by Crippen LogP contribution is -2.12. The molecule has 0 heterocycles. The molecule has 0 fully saturated rings. The van der Waals surface area contributed by atoms with Crippen molar-refractivity contribution in [2.24, 2.45) is 0 Å². The number of anilines is 1. The van der Waals surface area contributed by atoms with Crippen molar-refractivity contribution in [2.75, 3.05) is 18.1 Å². The zero-order chi connectivity index (χ0) is 15.5. The van der Waals surface area contributed by atoms with Crippen LogP contribution in [0.15, 0.2) is 57.9 Å². The number of halogens is 1. The van der Waals surface area contributed by atoms with Gasteiger partial charge in [-0.1, -0.05) is 28.1 Å². The van der Waals surface area contributed by atoms with Crippen LogP contribution in [0.1, 0.15) is 11.7 Å². The number of aliphatic hydroxyl groups is 1. The van der Waals surface area contributed by atoms with Crippen molar-refractivity contribution in [3.05, 3.63) is 58.6 Å². The fraction of sp³-hybridized carbons (Fsp3) is 0.200. The Hall–Kier alpha value is -1.37. The lowest BCUT2D eigenvalue weighted by atomic mass is 10.1. The van der Waals surface area contributed by atoms with Crippen LogP contribution in [0.25, 0.3) is 0 Å². The normalized spacial score (nSPS) is 12.9. The zero-order valence-corrected chi connectivity index (χ0v) is 13.9. The summed E-state index contributed by atoms with van der Waals surface area (Å²) in [4.78, 5) is 0.278. The molecular weight excluding hydrogens is 354 g/mol. The number of benzene rings is 2. The lowest BCUT2D eigenvalue weighted by Gasteiger charge is -2.13. The van der Waals surface area contributed by atoms with Gasteiger partial charge in [0.25, 0.3) is 0 Å². The van der Waals surface area contributed by atoms with Crippen molar-refractivity contribution in [3.63, 3.8) is 0 Å². The van der Waals surface area contributed by atoms with E-state index in [9.17, 15) is 13.5 Å². The average Bonchev–Trinajstić information content (AvgIpc) is 2.44. The van der Waals surface area contributed by atoms with Gasteiger partial charge in [-0.2, -0.15) is 0 Å². The molecule has 0 spiro atoms. The number of sulfone groups is 1. The highest BCUT2D eigenvalue weighted by atomic mass is 79.9. The molecule has 112 valence electrons. The van der Waals surface area contributed by atoms with E-state index < -0.39 is 15.9 Å². The van der Waals surface area contributed by atoms with Gasteiger partial charge in [-0.15, -0.1) is 0 Å². The molecule has 0 amide bonds. The van der Waals surface area contributed by atoms with Gasteiger partial charge in [-0.25, -0.2) is 8.42 Å².